The molecule has 1 atom stereocenters. The van der Waals surface area contributed by atoms with Gasteiger partial charge in [0.25, 0.3) is 5.91 Å². The summed E-state index contributed by atoms with van der Waals surface area (Å²) in [6.07, 6.45) is 2.07. The summed E-state index contributed by atoms with van der Waals surface area (Å²) in [5.41, 5.74) is 1.70. The van der Waals surface area contributed by atoms with Crippen LogP contribution in [0.1, 0.15) is 48.5 Å². The number of amides is 5. The van der Waals surface area contributed by atoms with Crippen LogP contribution in [0.15, 0.2) is 18.2 Å². The molecule has 2 fully saturated rings. The Balaban J connectivity index is 1.37. The Kier molecular flexibility index (Phi) is 6.22. The van der Waals surface area contributed by atoms with E-state index >= 15 is 0 Å². The van der Waals surface area contributed by atoms with E-state index in [2.05, 4.69) is 16.0 Å². The smallest absolute Gasteiger partial charge is 0.255 e. The van der Waals surface area contributed by atoms with Crippen molar-refractivity contribution in [2.75, 3.05) is 25.0 Å². The second kappa shape index (κ2) is 9.07. The van der Waals surface area contributed by atoms with Gasteiger partial charge >= 0.3 is 0 Å². The van der Waals surface area contributed by atoms with E-state index in [-0.39, 0.29) is 49.2 Å². The molecule has 1 aromatic rings. The molecular formula is C22H27N5O5. The van der Waals surface area contributed by atoms with E-state index in [9.17, 15) is 24.0 Å². The molecule has 4 rings (SSSR count). The van der Waals surface area contributed by atoms with Crippen molar-refractivity contribution in [3.63, 3.8) is 0 Å². The number of fused-ring (bicyclic) bond motifs is 1. The van der Waals surface area contributed by atoms with Crippen LogP contribution in [-0.4, -0.2) is 71.1 Å². The molecule has 5 amide bonds. The molecule has 3 aliphatic rings. The summed E-state index contributed by atoms with van der Waals surface area (Å²) in [6.45, 7) is 3.37. The Morgan fingerprint density at radius 2 is 1.88 bits per heavy atom. The highest BCUT2D eigenvalue weighted by Crippen LogP contribution is 2.32. The predicted molar refractivity (Wildman–Crippen MR) is 114 cm³/mol. The molecule has 170 valence electrons. The van der Waals surface area contributed by atoms with Crippen molar-refractivity contribution >= 4 is 35.2 Å². The van der Waals surface area contributed by atoms with Gasteiger partial charge in [-0.1, -0.05) is 6.07 Å². The van der Waals surface area contributed by atoms with E-state index in [1.165, 1.54) is 11.8 Å². The summed E-state index contributed by atoms with van der Waals surface area (Å²) < 4.78 is 0. The van der Waals surface area contributed by atoms with Crippen molar-refractivity contribution in [1.82, 2.24) is 20.4 Å². The first kappa shape index (κ1) is 21.9. The van der Waals surface area contributed by atoms with E-state index in [1.807, 2.05) is 4.90 Å². The van der Waals surface area contributed by atoms with Crippen LogP contribution in [0.25, 0.3) is 0 Å². The number of piperidine rings is 2. The summed E-state index contributed by atoms with van der Waals surface area (Å²) >= 11 is 0. The number of hydrogen-bond acceptors (Lipinski definition) is 6. The van der Waals surface area contributed by atoms with Crippen LogP contribution in [0.2, 0.25) is 0 Å². The van der Waals surface area contributed by atoms with Gasteiger partial charge in [-0.2, -0.15) is 0 Å². The summed E-state index contributed by atoms with van der Waals surface area (Å²) in [4.78, 5) is 63.9. The normalized spacial score (nSPS) is 21.8. The fourth-order valence-corrected chi connectivity index (χ4v) is 4.62. The van der Waals surface area contributed by atoms with Gasteiger partial charge < -0.3 is 15.5 Å². The molecule has 0 bridgehead atoms. The number of rotatable bonds is 5. The largest absolute Gasteiger partial charge is 0.354 e. The minimum absolute atomic E-state index is 0.0416. The van der Waals surface area contributed by atoms with Crippen molar-refractivity contribution in [2.45, 2.75) is 51.2 Å². The van der Waals surface area contributed by atoms with Gasteiger partial charge in [0.1, 0.15) is 6.04 Å². The van der Waals surface area contributed by atoms with Gasteiger partial charge in [-0.05, 0) is 31.4 Å². The van der Waals surface area contributed by atoms with Crippen molar-refractivity contribution < 1.29 is 24.0 Å². The molecular weight excluding hydrogens is 414 g/mol. The molecule has 1 unspecified atom stereocenters. The zero-order valence-corrected chi connectivity index (χ0v) is 18.0. The lowest BCUT2D eigenvalue weighted by Crippen LogP contribution is -2.52. The van der Waals surface area contributed by atoms with Crippen molar-refractivity contribution in [2.24, 2.45) is 0 Å². The van der Waals surface area contributed by atoms with Crippen molar-refractivity contribution in [1.29, 1.82) is 0 Å². The number of carbonyl (C=O) groups excluding carboxylic acids is 5. The summed E-state index contributed by atoms with van der Waals surface area (Å²) in [7, 11) is 0. The van der Waals surface area contributed by atoms with Gasteiger partial charge in [-0.3, -0.25) is 34.2 Å². The van der Waals surface area contributed by atoms with E-state index in [0.717, 1.165) is 12.8 Å². The van der Waals surface area contributed by atoms with Crippen LogP contribution >= 0.6 is 0 Å². The lowest BCUT2D eigenvalue weighted by Gasteiger charge is -2.31. The van der Waals surface area contributed by atoms with Crippen LogP contribution in [0.3, 0.4) is 0 Å². The number of carbonyl (C=O) groups is 5. The lowest BCUT2D eigenvalue weighted by atomic mass is 10.0. The van der Waals surface area contributed by atoms with Crippen LogP contribution in [0, 0.1) is 0 Å². The van der Waals surface area contributed by atoms with Crippen LogP contribution < -0.4 is 16.0 Å². The average Bonchev–Trinajstić information content (AvgIpc) is 3.07. The van der Waals surface area contributed by atoms with Crippen molar-refractivity contribution in [3.8, 4) is 0 Å². The molecule has 10 heteroatoms. The highest BCUT2D eigenvalue weighted by molar-refractivity contribution is 6.06. The Morgan fingerprint density at radius 3 is 2.56 bits per heavy atom. The molecule has 3 N–H and O–H groups in total. The third-order valence-electron chi connectivity index (χ3n) is 6.22. The minimum atomic E-state index is -0.693. The fraction of sp³-hybridized carbons (Fsp3) is 0.500. The molecule has 0 radical (unpaired) electrons. The van der Waals surface area contributed by atoms with Crippen molar-refractivity contribution in [3.05, 3.63) is 29.3 Å². The van der Waals surface area contributed by atoms with Crippen LogP contribution in [-0.2, 0) is 25.7 Å². The SMILES string of the molecule is CC(=O)NC1CCN(CC(=O)Nc2cccc3c2CN(C2CCC(=O)NC2=O)C3=O)CC1. The van der Waals surface area contributed by atoms with Gasteiger partial charge in [0.05, 0.1) is 6.54 Å². The molecule has 0 aromatic heterocycles. The number of benzene rings is 1. The second-order valence-electron chi connectivity index (χ2n) is 8.53. The maximum absolute atomic E-state index is 12.9. The molecule has 2 saturated heterocycles. The van der Waals surface area contributed by atoms with E-state index in [1.54, 1.807) is 18.2 Å². The molecule has 0 saturated carbocycles. The first-order valence-electron chi connectivity index (χ1n) is 10.9. The fourth-order valence-electron chi connectivity index (χ4n) is 4.62. The number of imide groups is 1. The van der Waals surface area contributed by atoms with Gasteiger partial charge in [0, 0.05) is 55.8 Å². The summed E-state index contributed by atoms with van der Waals surface area (Å²) in [5, 5.41) is 8.12. The first-order valence-corrected chi connectivity index (χ1v) is 10.9. The first-order chi connectivity index (χ1) is 15.3. The Morgan fingerprint density at radius 1 is 1.12 bits per heavy atom. The van der Waals surface area contributed by atoms with Gasteiger partial charge in [0.15, 0.2) is 0 Å². The van der Waals surface area contributed by atoms with E-state index < -0.39 is 11.9 Å². The number of hydrogen-bond donors (Lipinski definition) is 3. The zero-order chi connectivity index (χ0) is 22.8. The highest BCUT2D eigenvalue weighted by atomic mass is 16.2. The van der Waals surface area contributed by atoms with E-state index in [0.29, 0.717) is 36.3 Å². The molecule has 3 aliphatic heterocycles. The third-order valence-corrected chi connectivity index (χ3v) is 6.22. The molecule has 0 aliphatic carbocycles. The topological polar surface area (TPSA) is 128 Å². The standard InChI is InChI=1S/C22H27N5O5/c1-13(28)23-14-7-9-26(10-8-14)12-20(30)24-17-4-2-3-15-16(17)11-27(22(15)32)18-5-6-19(29)25-21(18)31/h2-4,14,18H,5-12H2,1H3,(H,23,28)(H,24,30)(H,25,29,31). The predicted octanol–water partition coefficient (Wildman–Crippen LogP) is -0.0134. The average molecular weight is 441 g/mol. The van der Waals surface area contributed by atoms with E-state index in [4.69, 9.17) is 0 Å². The van der Waals surface area contributed by atoms with Crippen LogP contribution in [0.5, 0.6) is 0 Å². The highest BCUT2D eigenvalue weighted by Gasteiger charge is 2.40. The number of nitrogens with one attached hydrogen (secondary N) is 3. The molecule has 10 nitrogen and oxygen atoms in total. The number of nitrogens with zero attached hydrogens (tertiary/aromatic N) is 2. The van der Waals surface area contributed by atoms with Gasteiger partial charge in [-0.15, -0.1) is 0 Å². The Hall–Kier alpha value is -3.27. The lowest BCUT2D eigenvalue weighted by molar-refractivity contribution is -0.137. The number of likely N-dealkylation sites (tertiary alicyclic amines) is 1. The molecule has 0 spiro atoms. The minimum Gasteiger partial charge on any atom is -0.354 e. The maximum Gasteiger partial charge on any atom is 0.255 e. The molecule has 1 aromatic carbocycles. The molecule has 3 heterocycles. The Bertz CT molecular complexity index is 969. The maximum atomic E-state index is 12.9. The summed E-state index contributed by atoms with van der Waals surface area (Å²) in [6, 6.07) is 4.60. The summed E-state index contributed by atoms with van der Waals surface area (Å²) in [5.74, 6) is -1.28. The monoisotopic (exact) mass is 441 g/mol. The van der Waals surface area contributed by atoms with Gasteiger partial charge in [-0.25, -0.2) is 0 Å². The third kappa shape index (κ3) is 4.64. The quantitative estimate of drug-likeness (QED) is 0.552. The molecule has 32 heavy (non-hydrogen) atoms. The number of anilines is 1. The Labute approximate surface area is 185 Å². The van der Waals surface area contributed by atoms with Crippen LogP contribution in [0.4, 0.5) is 5.69 Å². The zero-order valence-electron chi connectivity index (χ0n) is 18.0. The second-order valence-corrected chi connectivity index (χ2v) is 8.53. The van der Waals surface area contributed by atoms with Gasteiger partial charge in [0.2, 0.25) is 23.6 Å².